The van der Waals surface area contributed by atoms with Crippen molar-refractivity contribution in [2.75, 3.05) is 0 Å². The lowest BCUT2D eigenvalue weighted by Gasteiger charge is -2.04. The molecule has 0 aromatic carbocycles. The normalized spacial score (nSPS) is 11.7. The number of hydrogen-bond acceptors (Lipinski definition) is 1. The third-order valence-corrected chi connectivity index (χ3v) is 4.83. The maximum Gasteiger partial charge on any atom is 0.135 e. The Balaban J connectivity index is 3.14. The van der Waals surface area contributed by atoms with Crippen molar-refractivity contribution in [3.8, 4) is 0 Å². The average molecular weight is 337 g/mol. The summed E-state index contributed by atoms with van der Waals surface area (Å²) in [5, 5.41) is 0. The maximum atomic E-state index is 11.5. The molecule has 0 aliphatic heterocycles. The first-order valence-electron chi connectivity index (χ1n) is 10.9. The molecule has 0 rings (SSSR count). The molecule has 0 saturated heterocycles. The predicted octanol–water partition coefficient (Wildman–Crippen LogP) is 8.03. The number of allylic oxidation sites excluding steroid dienone is 2. The van der Waals surface area contributed by atoms with Crippen LogP contribution in [0.5, 0.6) is 0 Å². The van der Waals surface area contributed by atoms with Gasteiger partial charge in [0.2, 0.25) is 0 Å². The molecule has 0 aliphatic rings. The van der Waals surface area contributed by atoms with E-state index in [1.807, 2.05) is 13.8 Å². The first-order chi connectivity index (χ1) is 11.7. The Morgan fingerprint density at radius 3 is 1.54 bits per heavy atom. The van der Waals surface area contributed by atoms with Gasteiger partial charge in [0.25, 0.3) is 0 Å². The summed E-state index contributed by atoms with van der Waals surface area (Å²) in [6.45, 7) is 6.29. The Hall–Kier alpha value is -0.590. The van der Waals surface area contributed by atoms with E-state index >= 15 is 0 Å². The Morgan fingerprint density at radius 1 is 0.667 bits per heavy atom. The molecule has 0 bridgehead atoms. The Labute approximate surface area is 152 Å². The van der Waals surface area contributed by atoms with Gasteiger partial charge in [-0.3, -0.25) is 4.79 Å². The van der Waals surface area contributed by atoms with Gasteiger partial charge in [-0.15, -0.1) is 0 Å². The lowest BCUT2D eigenvalue weighted by atomic mass is 10.0. The van der Waals surface area contributed by atoms with Crippen LogP contribution < -0.4 is 0 Å². The second-order valence-corrected chi connectivity index (χ2v) is 7.66. The third-order valence-electron chi connectivity index (χ3n) is 4.83. The fourth-order valence-corrected chi connectivity index (χ4v) is 3.01. The highest BCUT2D eigenvalue weighted by atomic mass is 16.1. The second kappa shape index (κ2) is 18.7. The van der Waals surface area contributed by atoms with Crippen molar-refractivity contribution in [1.29, 1.82) is 0 Å². The van der Waals surface area contributed by atoms with Crippen LogP contribution in [0.1, 0.15) is 124 Å². The standard InChI is InChI=1S/C23H44O/c1-4-5-6-7-8-9-10-11-12-13-14-15-16-17-18-19-20-21-23(24)22(2)3/h11-12,22H,4-10,13-21H2,1-3H3/b12-11-. The largest absolute Gasteiger partial charge is 0.299 e. The number of carbonyl (C=O) groups excluding carboxylic acids is 1. The van der Waals surface area contributed by atoms with Crippen molar-refractivity contribution >= 4 is 5.78 Å². The van der Waals surface area contributed by atoms with Crippen LogP contribution in [0, 0.1) is 5.92 Å². The molecule has 0 N–H and O–H groups in total. The summed E-state index contributed by atoms with van der Waals surface area (Å²) in [6, 6.07) is 0. The molecular formula is C23H44O. The molecule has 0 radical (unpaired) electrons. The summed E-state index contributed by atoms with van der Waals surface area (Å²) in [6.07, 6.45) is 25.6. The summed E-state index contributed by atoms with van der Waals surface area (Å²) in [7, 11) is 0. The van der Waals surface area contributed by atoms with Gasteiger partial charge in [0.1, 0.15) is 5.78 Å². The third kappa shape index (κ3) is 17.8. The van der Waals surface area contributed by atoms with Gasteiger partial charge in [-0.1, -0.05) is 97.1 Å². The van der Waals surface area contributed by atoms with Crippen LogP contribution in [-0.2, 0) is 4.79 Å². The van der Waals surface area contributed by atoms with Gasteiger partial charge in [0.15, 0.2) is 0 Å². The fourth-order valence-electron chi connectivity index (χ4n) is 3.01. The highest BCUT2D eigenvalue weighted by Gasteiger charge is 2.05. The number of carbonyl (C=O) groups is 1. The smallest absolute Gasteiger partial charge is 0.135 e. The van der Waals surface area contributed by atoms with Gasteiger partial charge >= 0.3 is 0 Å². The molecular weight excluding hydrogens is 292 g/mol. The molecule has 0 aromatic heterocycles. The van der Waals surface area contributed by atoms with Crippen molar-refractivity contribution in [3.05, 3.63) is 12.2 Å². The van der Waals surface area contributed by atoms with Crippen LogP contribution in [0.2, 0.25) is 0 Å². The molecule has 24 heavy (non-hydrogen) atoms. The van der Waals surface area contributed by atoms with Crippen LogP contribution in [0.4, 0.5) is 0 Å². The Morgan fingerprint density at radius 2 is 1.08 bits per heavy atom. The van der Waals surface area contributed by atoms with Gasteiger partial charge < -0.3 is 0 Å². The van der Waals surface area contributed by atoms with Crippen molar-refractivity contribution in [1.82, 2.24) is 0 Å². The fraction of sp³-hybridized carbons (Fsp3) is 0.870. The highest BCUT2D eigenvalue weighted by molar-refractivity contribution is 5.80. The molecule has 0 atom stereocenters. The SMILES string of the molecule is CCCCCCCC/C=C\CCCCCCCCCC(=O)C(C)C. The molecule has 0 fully saturated rings. The molecule has 0 saturated carbocycles. The summed E-state index contributed by atoms with van der Waals surface area (Å²) < 4.78 is 0. The van der Waals surface area contributed by atoms with Crippen LogP contribution in [-0.4, -0.2) is 5.78 Å². The topological polar surface area (TPSA) is 17.1 Å². The zero-order valence-corrected chi connectivity index (χ0v) is 17.0. The molecule has 0 heterocycles. The van der Waals surface area contributed by atoms with E-state index in [0.29, 0.717) is 5.78 Å². The Bertz CT molecular complexity index is 290. The summed E-state index contributed by atoms with van der Waals surface area (Å²) in [5.74, 6) is 0.654. The van der Waals surface area contributed by atoms with Gasteiger partial charge in [-0.25, -0.2) is 0 Å². The molecule has 1 heteroatoms. The van der Waals surface area contributed by atoms with E-state index in [9.17, 15) is 4.79 Å². The van der Waals surface area contributed by atoms with Crippen LogP contribution in [0.3, 0.4) is 0 Å². The predicted molar refractivity (Wildman–Crippen MR) is 109 cm³/mol. The molecule has 0 unspecified atom stereocenters. The lowest BCUT2D eigenvalue weighted by molar-refractivity contribution is -0.122. The zero-order valence-electron chi connectivity index (χ0n) is 17.0. The molecule has 0 aliphatic carbocycles. The molecule has 0 spiro atoms. The van der Waals surface area contributed by atoms with Crippen molar-refractivity contribution in [2.24, 2.45) is 5.92 Å². The van der Waals surface area contributed by atoms with Crippen molar-refractivity contribution in [3.63, 3.8) is 0 Å². The summed E-state index contributed by atoms with van der Waals surface area (Å²) in [5.41, 5.74) is 0. The minimum atomic E-state index is 0.221. The van der Waals surface area contributed by atoms with E-state index in [0.717, 1.165) is 12.8 Å². The van der Waals surface area contributed by atoms with Gasteiger partial charge in [0.05, 0.1) is 0 Å². The van der Waals surface area contributed by atoms with E-state index in [1.165, 1.54) is 89.9 Å². The van der Waals surface area contributed by atoms with E-state index in [4.69, 9.17) is 0 Å². The van der Waals surface area contributed by atoms with Crippen LogP contribution in [0.25, 0.3) is 0 Å². The molecule has 142 valence electrons. The van der Waals surface area contributed by atoms with Crippen LogP contribution >= 0.6 is 0 Å². The van der Waals surface area contributed by atoms with E-state index in [1.54, 1.807) is 0 Å². The first kappa shape index (κ1) is 23.4. The summed E-state index contributed by atoms with van der Waals surface area (Å²) >= 11 is 0. The molecule has 0 amide bonds. The minimum absolute atomic E-state index is 0.221. The van der Waals surface area contributed by atoms with Crippen molar-refractivity contribution in [2.45, 2.75) is 124 Å². The van der Waals surface area contributed by atoms with Crippen molar-refractivity contribution < 1.29 is 4.79 Å². The lowest BCUT2D eigenvalue weighted by Crippen LogP contribution is -2.05. The Kier molecular flexibility index (Phi) is 18.3. The minimum Gasteiger partial charge on any atom is -0.299 e. The van der Waals surface area contributed by atoms with E-state index in [-0.39, 0.29) is 5.92 Å². The summed E-state index contributed by atoms with van der Waals surface area (Å²) in [4.78, 5) is 11.5. The monoisotopic (exact) mass is 336 g/mol. The van der Waals surface area contributed by atoms with Gasteiger partial charge in [-0.05, 0) is 32.1 Å². The molecule has 0 aromatic rings. The zero-order chi connectivity index (χ0) is 17.9. The van der Waals surface area contributed by atoms with Crippen LogP contribution in [0.15, 0.2) is 12.2 Å². The average Bonchev–Trinajstić information content (AvgIpc) is 2.57. The van der Waals surface area contributed by atoms with Gasteiger partial charge in [0, 0.05) is 12.3 Å². The van der Waals surface area contributed by atoms with E-state index < -0.39 is 0 Å². The molecule has 1 nitrogen and oxygen atoms in total. The second-order valence-electron chi connectivity index (χ2n) is 7.66. The number of hydrogen-bond donors (Lipinski definition) is 0. The van der Waals surface area contributed by atoms with E-state index in [2.05, 4.69) is 19.1 Å². The number of rotatable bonds is 18. The first-order valence-corrected chi connectivity index (χ1v) is 10.9. The highest BCUT2D eigenvalue weighted by Crippen LogP contribution is 2.12. The number of unbranched alkanes of at least 4 members (excludes halogenated alkanes) is 13. The number of ketones is 1. The number of Topliss-reactive ketones (excluding diaryl/α,β-unsaturated/α-hetero) is 1. The quantitative estimate of drug-likeness (QED) is 0.183. The van der Waals surface area contributed by atoms with Gasteiger partial charge in [-0.2, -0.15) is 0 Å². The maximum absolute atomic E-state index is 11.5.